The molecule has 0 aliphatic rings. The molecule has 0 radical (unpaired) electrons. The predicted octanol–water partition coefficient (Wildman–Crippen LogP) is 5.01. The minimum absolute atomic E-state index is 0.00151. The average Bonchev–Trinajstić information content (AvgIpc) is 3.10. The van der Waals surface area contributed by atoms with Gasteiger partial charge in [0.05, 0.1) is 5.25 Å². The fraction of sp³-hybridized carbons (Fsp3) is 0.211. The van der Waals surface area contributed by atoms with Gasteiger partial charge in [-0.1, -0.05) is 30.0 Å². The van der Waals surface area contributed by atoms with Crippen LogP contribution in [0.1, 0.15) is 22.8 Å². The first-order valence-corrected chi connectivity index (χ1v) is 8.97. The third-order valence-electron chi connectivity index (χ3n) is 3.79. The lowest BCUT2D eigenvalue weighted by Crippen LogP contribution is -2.13. The molecule has 0 bridgehead atoms. The molecule has 0 saturated heterocycles. The first kappa shape index (κ1) is 19.0. The van der Waals surface area contributed by atoms with E-state index >= 15 is 0 Å². The molecule has 1 aromatic heterocycles. The highest BCUT2D eigenvalue weighted by Gasteiger charge is 2.20. The van der Waals surface area contributed by atoms with E-state index in [1.165, 1.54) is 24.3 Å². The van der Waals surface area contributed by atoms with E-state index in [1.54, 1.807) is 6.92 Å². The highest BCUT2D eigenvalue weighted by Crippen LogP contribution is 2.29. The van der Waals surface area contributed by atoms with Crippen LogP contribution in [0.15, 0.2) is 58.2 Å². The number of ketones is 1. The van der Waals surface area contributed by atoms with Crippen LogP contribution in [0.25, 0.3) is 11.5 Å². The first-order valence-electron chi connectivity index (χ1n) is 8.09. The molecule has 0 aliphatic heterocycles. The van der Waals surface area contributed by atoms with Gasteiger partial charge in [0.2, 0.25) is 5.89 Å². The number of carbonyl (C=O) groups is 1. The van der Waals surface area contributed by atoms with Crippen molar-refractivity contribution in [2.24, 2.45) is 0 Å². The van der Waals surface area contributed by atoms with E-state index < -0.39 is 11.9 Å². The lowest BCUT2D eigenvalue weighted by atomic mass is 10.1. The number of hydrogen-bond donors (Lipinski definition) is 0. The summed E-state index contributed by atoms with van der Waals surface area (Å²) in [5, 5.41) is 7.82. The maximum atomic E-state index is 12.5. The van der Waals surface area contributed by atoms with E-state index in [2.05, 4.69) is 14.9 Å². The zero-order valence-electron chi connectivity index (χ0n) is 14.6. The van der Waals surface area contributed by atoms with Crippen LogP contribution >= 0.6 is 11.8 Å². The number of hydrogen-bond acceptors (Lipinski definition) is 6. The Balaban J connectivity index is 1.67. The molecule has 2 aromatic carbocycles. The van der Waals surface area contributed by atoms with E-state index in [0.29, 0.717) is 11.5 Å². The van der Waals surface area contributed by atoms with Gasteiger partial charge < -0.3 is 9.15 Å². The van der Waals surface area contributed by atoms with Crippen molar-refractivity contribution in [3.8, 4) is 17.2 Å². The highest BCUT2D eigenvalue weighted by molar-refractivity contribution is 8.00. The van der Waals surface area contributed by atoms with E-state index in [0.717, 1.165) is 22.9 Å². The molecule has 1 heterocycles. The topological polar surface area (TPSA) is 65.2 Å². The third-order valence-corrected chi connectivity index (χ3v) is 4.73. The van der Waals surface area contributed by atoms with Gasteiger partial charge in [-0.25, -0.2) is 0 Å². The Morgan fingerprint density at radius 2 is 1.81 bits per heavy atom. The molecule has 3 aromatic rings. The van der Waals surface area contributed by atoms with Gasteiger partial charge in [-0.05, 0) is 49.7 Å². The Bertz CT molecular complexity index is 929. The molecule has 0 unspecified atom stereocenters. The van der Waals surface area contributed by atoms with Crippen molar-refractivity contribution in [3.63, 3.8) is 0 Å². The van der Waals surface area contributed by atoms with Gasteiger partial charge in [-0.15, -0.1) is 10.2 Å². The minimum atomic E-state index is -2.90. The SMILES string of the molecule is Cc1ccccc1-c1nnc(S[C@@H](C)C(=O)c2ccc(OC(F)F)cc2)o1. The van der Waals surface area contributed by atoms with Crippen molar-refractivity contribution in [2.45, 2.75) is 30.9 Å². The van der Waals surface area contributed by atoms with Crippen LogP contribution < -0.4 is 4.74 Å². The number of ether oxygens (including phenoxy) is 1. The highest BCUT2D eigenvalue weighted by atomic mass is 32.2. The second-order valence-corrected chi connectivity index (χ2v) is 7.01. The molecule has 27 heavy (non-hydrogen) atoms. The van der Waals surface area contributed by atoms with E-state index in [1.807, 2.05) is 31.2 Å². The summed E-state index contributed by atoms with van der Waals surface area (Å²) < 4.78 is 34.3. The Morgan fingerprint density at radius 1 is 1.11 bits per heavy atom. The average molecular weight is 390 g/mol. The minimum Gasteiger partial charge on any atom is -0.435 e. The molecule has 0 spiro atoms. The number of halogens is 2. The van der Waals surface area contributed by atoms with Crippen LogP contribution in [0, 0.1) is 6.92 Å². The van der Waals surface area contributed by atoms with Crippen molar-refractivity contribution < 1.29 is 22.7 Å². The zero-order chi connectivity index (χ0) is 19.4. The maximum absolute atomic E-state index is 12.5. The third kappa shape index (κ3) is 4.71. The summed E-state index contributed by atoms with van der Waals surface area (Å²) in [5.74, 6) is 0.213. The summed E-state index contributed by atoms with van der Waals surface area (Å²) >= 11 is 1.14. The van der Waals surface area contributed by atoms with Crippen molar-refractivity contribution >= 4 is 17.5 Å². The molecule has 0 amide bonds. The molecule has 3 rings (SSSR count). The summed E-state index contributed by atoms with van der Waals surface area (Å²) in [6.45, 7) is 0.759. The number of rotatable bonds is 7. The van der Waals surface area contributed by atoms with Gasteiger partial charge in [0.1, 0.15) is 5.75 Å². The number of aromatic nitrogens is 2. The van der Waals surface area contributed by atoms with Gasteiger partial charge >= 0.3 is 6.61 Å². The molecule has 1 atom stereocenters. The first-order chi connectivity index (χ1) is 12.9. The second-order valence-electron chi connectivity index (χ2n) is 5.72. The monoisotopic (exact) mass is 390 g/mol. The van der Waals surface area contributed by atoms with Crippen molar-refractivity contribution in [3.05, 3.63) is 59.7 Å². The Hall–Kier alpha value is -2.74. The van der Waals surface area contributed by atoms with Gasteiger partial charge in [-0.2, -0.15) is 8.78 Å². The normalized spacial score (nSPS) is 12.2. The molecule has 0 N–H and O–H groups in total. The number of alkyl halides is 2. The van der Waals surface area contributed by atoms with Crippen LogP contribution in [0.2, 0.25) is 0 Å². The van der Waals surface area contributed by atoms with Crippen LogP contribution in [0.5, 0.6) is 5.75 Å². The van der Waals surface area contributed by atoms with E-state index in [9.17, 15) is 13.6 Å². The van der Waals surface area contributed by atoms with E-state index in [-0.39, 0.29) is 16.8 Å². The van der Waals surface area contributed by atoms with E-state index in [4.69, 9.17) is 4.42 Å². The fourth-order valence-electron chi connectivity index (χ4n) is 2.42. The molecular formula is C19H16F2N2O3S. The smallest absolute Gasteiger partial charge is 0.387 e. The summed E-state index contributed by atoms with van der Waals surface area (Å²) in [6, 6.07) is 13.2. The molecule has 140 valence electrons. The van der Waals surface area contributed by atoms with Crippen LogP contribution in [0.3, 0.4) is 0 Å². The summed E-state index contributed by atoms with van der Waals surface area (Å²) in [7, 11) is 0. The summed E-state index contributed by atoms with van der Waals surface area (Å²) in [4.78, 5) is 12.5. The predicted molar refractivity (Wildman–Crippen MR) is 97.2 cm³/mol. The Kier molecular flexibility index (Phi) is 5.85. The largest absolute Gasteiger partial charge is 0.435 e. The van der Waals surface area contributed by atoms with Gasteiger partial charge in [0.15, 0.2) is 5.78 Å². The standard InChI is InChI=1S/C19H16F2N2O3S/c1-11-5-3-4-6-15(11)17-22-23-19(26-17)27-12(2)16(24)13-7-9-14(10-8-13)25-18(20)21/h3-10,12,18H,1-2H3/t12-/m0/s1. The van der Waals surface area contributed by atoms with Crippen molar-refractivity contribution in [1.82, 2.24) is 10.2 Å². The van der Waals surface area contributed by atoms with Gasteiger partial charge in [0.25, 0.3) is 5.22 Å². The molecular weight excluding hydrogens is 374 g/mol. The number of benzene rings is 2. The number of thioether (sulfide) groups is 1. The Morgan fingerprint density at radius 3 is 2.48 bits per heavy atom. The summed E-state index contributed by atoms with van der Waals surface area (Å²) in [5.41, 5.74) is 2.23. The number of nitrogens with zero attached hydrogens (tertiary/aromatic N) is 2. The molecule has 0 fully saturated rings. The lowest BCUT2D eigenvalue weighted by Gasteiger charge is -2.09. The Labute approximate surface area is 158 Å². The van der Waals surface area contributed by atoms with Crippen LogP contribution in [0.4, 0.5) is 8.78 Å². The zero-order valence-corrected chi connectivity index (χ0v) is 15.4. The lowest BCUT2D eigenvalue weighted by molar-refractivity contribution is -0.0498. The van der Waals surface area contributed by atoms with Crippen LogP contribution in [-0.4, -0.2) is 27.8 Å². The maximum Gasteiger partial charge on any atom is 0.387 e. The number of carbonyl (C=O) groups excluding carboxylic acids is 1. The molecule has 0 saturated carbocycles. The number of Topliss-reactive ketones (excluding diaryl/α,β-unsaturated/α-hetero) is 1. The molecule has 5 nitrogen and oxygen atoms in total. The second kappa shape index (κ2) is 8.30. The molecule has 0 aliphatic carbocycles. The van der Waals surface area contributed by atoms with Gasteiger partial charge in [0, 0.05) is 11.1 Å². The quantitative estimate of drug-likeness (QED) is 0.417. The van der Waals surface area contributed by atoms with Crippen molar-refractivity contribution in [2.75, 3.05) is 0 Å². The fourth-order valence-corrected chi connectivity index (χ4v) is 3.18. The van der Waals surface area contributed by atoms with Gasteiger partial charge in [-0.3, -0.25) is 4.79 Å². The van der Waals surface area contributed by atoms with Crippen LogP contribution in [-0.2, 0) is 0 Å². The number of aryl methyl sites for hydroxylation is 1. The van der Waals surface area contributed by atoms with Crippen molar-refractivity contribution in [1.29, 1.82) is 0 Å². The molecule has 8 heteroatoms. The summed E-state index contributed by atoms with van der Waals surface area (Å²) in [6.07, 6.45) is 0.